The number of hydrogen-bond acceptors (Lipinski definition) is 3. The van der Waals surface area contributed by atoms with Crippen LogP contribution in [0.1, 0.15) is 55.6 Å². The molecule has 0 spiro atoms. The maximum Gasteiger partial charge on any atom is 0.162 e. The monoisotopic (exact) mass is 289 g/mol. The first kappa shape index (κ1) is 16.0. The minimum Gasteiger partial charge on any atom is -0.378 e. The summed E-state index contributed by atoms with van der Waals surface area (Å²) in [6, 6.07) is 4.15. The van der Waals surface area contributed by atoms with E-state index in [0.29, 0.717) is 6.42 Å². The molecule has 0 amide bonds. The highest BCUT2D eigenvalue weighted by atomic mass is 16.5. The molecule has 21 heavy (non-hydrogen) atoms. The van der Waals surface area contributed by atoms with Gasteiger partial charge in [-0.3, -0.25) is 4.79 Å². The van der Waals surface area contributed by atoms with Crippen molar-refractivity contribution in [3.8, 4) is 0 Å². The van der Waals surface area contributed by atoms with Crippen LogP contribution in [-0.2, 0) is 10.2 Å². The fourth-order valence-corrected chi connectivity index (χ4v) is 2.99. The summed E-state index contributed by atoms with van der Waals surface area (Å²) in [7, 11) is 0. The van der Waals surface area contributed by atoms with E-state index in [9.17, 15) is 4.79 Å². The molecular weight excluding hydrogens is 262 g/mol. The minimum absolute atomic E-state index is 0.0617. The quantitative estimate of drug-likeness (QED) is 0.794. The summed E-state index contributed by atoms with van der Waals surface area (Å²) >= 11 is 0. The third-order valence-corrected chi connectivity index (χ3v) is 4.19. The van der Waals surface area contributed by atoms with Crippen LogP contribution in [0.15, 0.2) is 12.1 Å². The molecule has 0 N–H and O–H groups in total. The van der Waals surface area contributed by atoms with Gasteiger partial charge in [0.05, 0.1) is 13.2 Å². The van der Waals surface area contributed by atoms with Crippen molar-refractivity contribution in [2.45, 2.75) is 46.5 Å². The van der Waals surface area contributed by atoms with Gasteiger partial charge in [-0.15, -0.1) is 0 Å². The van der Waals surface area contributed by atoms with E-state index in [1.165, 1.54) is 11.3 Å². The number of carbonyl (C=O) groups excluding carboxylic acids is 1. The van der Waals surface area contributed by atoms with Crippen LogP contribution in [0.5, 0.6) is 0 Å². The molecule has 3 nitrogen and oxygen atoms in total. The van der Waals surface area contributed by atoms with E-state index < -0.39 is 0 Å². The standard InChI is InChI=1S/C18H27NO2/c1-6-16(20)14-7-8-15(18(3,4)5)17(13(14)2)19-9-11-21-12-10-19/h7-8H,6,9-12H2,1-5H3. The zero-order valence-electron chi connectivity index (χ0n) is 14.0. The highest BCUT2D eigenvalue weighted by Crippen LogP contribution is 2.37. The van der Waals surface area contributed by atoms with Crippen LogP contribution in [0.2, 0.25) is 0 Å². The summed E-state index contributed by atoms with van der Waals surface area (Å²) in [5.41, 5.74) is 4.61. The van der Waals surface area contributed by atoms with E-state index >= 15 is 0 Å². The molecule has 1 aromatic rings. The fraction of sp³-hybridized carbons (Fsp3) is 0.611. The van der Waals surface area contributed by atoms with Crippen LogP contribution in [0, 0.1) is 6.92 Å². The number of nitrogens with zero attached hydrogens (tertiary/aromatic N) is 1. The number of rotatable bonds is 3. The molecule has 0 bridgehead atoms. The molecule has 1 fully saturated rings. The lowest BCUT2D eigenvalue weighted by Crippen LogP contribution is -2.38. The average Bonchev–Trinajstić information content (AvgIpc) is 2.46. The first-order chi connectivity index (χ1) is 9.86. The number of anilines is 1. The Bertz CT molecular complexity index is 523. The van der Waals surface area contributed by atoms with Gasteiger partial charge >= 0.3 is 0 Å². The van der Waals surface area contributed by atoms with Crippen LogP contribution in [0.3, 0.4) is 0 Å². The number of hydrogen-bond donors (Lipinski definition) is 0. The summed E-state index contributed by atoms with van der Waals surface area (Å²) in [6.45, 7) is 14.0. The largest absolute Gasteiger partial charge is 0.378 e. The summed E-state index contributed by atoms with van der Waals surface area (Å²) in [4.78, 5) is 14.6. The molecule has 3 heteroatoms. The van der Waals surface area contributed by atoms with Crippen molar-refractivity contribution in [1.82, 2.24) is 0 Å². The molecule has 0 unspecified atom stereocenters. The molecule has 1 aliphatic rings. The maximum absolute atomic E-state index is 12.2. The molecule has 1 aliphatic heterocycles. The van der Waals surface area contributed by atoms with Gasteiger partial charge < -0.3 is 9.64 Å². The summed E-state index contributed by atoms with van der Waals surface area (Å²) in [5, 5.41) is 0. The Balaban J connectivity index is 2.57. The lowest BCUT2D eigenvalue weighted by molar-refractivity contribution is 0.0987. The van der Waals surface area contributed by atoms with Crippen LogP contribution in [0.4, 0.5) is 5.69 Å². The first-order valence-electron chi connectivity index (χ1n) is 7.86. The molecule has 1 heterocycles. The van der Waals surface area contributed by atoms with E-state index in [1.807, 2.05) is 13.0 Å². The third-order valence-electron chi connectivity index (χ3n) is 4.19. The zero-order chi connectivity index (χ0) is 15.6. The average molecular weight is 289 g/mol. The van der Waals surface area contributed by atoms with Crippen LogP contribution < -0.4 is 4.90 Å². The molecule has 0 radical (unpaired) electrons. The van der Waals surface area contributed by atoms with E-state index in [-0.39, 0.29) is 11.2 Å². The van der Waals surface area contributed by atoms with E-state index in [2.05, 4.69) is 38.7 Å². The Kier molecular flexibility index (Phi) is 4.72. The molecule has 116 valence electrons. The lowest BCUT2D eigenvalue weighted by Gasteiger charge is -2.36. The van der Waals surface area contributed by atoms with Gasteiger partial charge in [0.2, 0.25) is 0 Å². The second-order valence-corrected chi connectivity index (χ2v) is 6.76. The van der Waals surface area contributed by atoms with Gasteiger partial charge in [-0.1, -0.05) is 39.8 Å². The topological polar surface area (TPSA) is 29.5 Å². The summed E-state index contributed by atoms with van der Waals surface area (Å²) in [6.07, 6.45) is 0.554. The van der Waals surface area contributed by atoms with E-state index in [1.54, 1.807) is 0 Å². The Morgan fingerprint density at radius 2 is 1.86 bits per heavy atom. The van der Waals surface area contributed by atoms with Crippen molar-refractivity contribution in [1.29, 1.82) is 0 Å². The molecular formula is C18H27NO2. The molecule has 2 rings (SSSR count). The van der Waals surface area contributed by atoms with Crippen molar-refractivity contribution >= 4 is 11.5 Å². The molecule has 1 aromatic carbocycles. The van der Waals surface area contributed by atoms with Gasteiger partial charge in [-0.2, -0.15) is 0 Å². The normalized spacial score (nSPS) is 16.1. The Hall–Kier alpha value is -1.35. The number of benzene rings is 1. The van der Waals surface area contributed by atoms with Crippen LogP contribution in [-0.4, -0.2) is 32.1 Å². The van der Waals surface area contributed by atoms with E-state index in [0.717, 1.165) is 37.4 Å². The SMILES string of the molecule is CCC(=O)c1ccc(C(C)(C)C)c(N2CCOCC2)c1C. The Morgan fingerprint density at radius 1 is 1.24 bits per heavy atom. The number of morpholine rings is 1. The van der Waals surface area contributed by atoms with Gasteiger partial charge in [-0.05, 0) is 23.5 Å². The van der Waals surface area contributed by atoms with Crippen molar-refractivity contribution in [2.75, 3.05) is 31.2 Å². The fourth-order valence-electron chi connectivity index (χ4n) is 2.99. The second kappa shape index (κ2) is 6.18. The zero-order valence-corrected chi connectivity index (χ0v) is 14.0. The summed E-state index contributed by atoms with van der Waals surface area (Å²) < 4.78 is 5.48. The predicted octanol–water partition coefficient (Wildman–Crippen LogP) is 3.72. The smallest absolute Gasteiger partial charge is 0.162 e. The van der Waals surface area contributed by atoms with Gasteiger partial charge in [0.1, 0.15) is 0 Å². The second-order valence-electron chi connectivity index (χ2n) is 6.76. The Labute approximate surface area is 128 Å². The third kappa shape index (κ3) is 3.29. The molecule has 1 saturated heterocycles. The lowest BCUT2D eigenvalue weighted by atomic mass is 9.82. The number of carbonyl (C=O) groups is 1. The predicted molar refractivity (Wildman–Crippen MR) is 87.5 cm³/mol. The molecule has 0 atom stereocenters. The maximum atomic E-state index is 12.2. The minimum atomic E-state index is 0.0617. The van der Waals surface area contributed by atoms with Crippen LogP contribution in [0.25, 0.3) is 0 Å². The van der Waals surface area contributed by atoms with Crippen molar-refractivity contribution in [3.05, 3.63) is 28.8 Å². The van der Waals surface area contributed by atoms with Gasteiger partial charge in [0.25, 0.3) is 0 Å². The van der Waals surface area contributed by atoms with Gasteiger partial charge in [0, 0.05) is 30.8 Å². The molecule has 0 aromatic heterocycles. The number of ketones is 1. The molecule has 0 aliphatic carbocycles. The van der Waals surface area contributed by atoms with Crippen molar-refractivity contribution in [2.24, 2.45) is 0 Å². The highest BCUT2D eigenvalue weighted by Gasteiger charge is 2.26. The molecule has 0 saturated carbocycles. The van der Waals surface area contributed by atoms with E-state index in [4.69, 9.17) is 4.74 Å². The van der Waals surface area contributed by atoms with Gasteiger partial charge in [0.15, 0.2) is 5.78 Å². The first-order valence-corrected chi connectivity index (χ1v) is 7.86. The highest BCUT2D eigenvalue weighted by molar-refractivity contribution is 5.99. The summed E-state index contributed by atoms with van der Waals surface area (Å²) in [5.74, 6) is 0.225. The van der Waals surface area contributed by atoms with Crippen LogP contribution >= 0.6 is 0 Å². The van der Waals surface area contributed by atoms with Crippen molar-refractivity contribution in [3.63, 3.8) is 0 Å². The number of Topliss-reactive ketones (excluding diaryl/α,β-unsaturated/α-hetero) is 1. The van der Waals surface area contributed by atoms with Crippen molar-refractivity contribution < 1.29 is 9.53 Å². The Morgan fingerprint density at radius 3 is 2.38 bits per heavy atom. The number of ether oxygens (including phenoxy) is 1. The van der Waals surface area contributed by atoms with Gasteiger partial charge in [-0.25, -0.2) is 0 Å².